The summed E-state index contributed by atoms with van der Waals surface area (Å²) in [7, 11) is 0. The number of alkyl halides is 2. The van der Waals surface area contributed by atoms with Gasteiger partial charge in [0.2, 0.25) is 6.43 Å². The molecule has 0 saturated carbocycles. The van der Waals surface area contributed by atoms with E-state index < -0.39 is 30.1 Å². The molecule has 6 heteroatoms. The van der Waals surface area contributed by atoms with E-state index in [-0.39, 0.29) is 13.1 Å². The van der Waals surface area contributed by atoms with Gasteiger partial charge in [0.1, 0.15) is 5.60 Å². The lowest BCUT2D eigenvalue weighted by Gasteiger charge is -2.24. The van der Waals surface area contributed by atoms with E-state index >= 15 is 0 Å². The first-order chi connectivity index (χ1) is 7.20. The smallest absolute Gasteiger partial charge is 0.410 e. The summed E-state index contributed by atoms with van der Waals surface area (Å²) in [6.45, 7) is 5.28. The van der Waals surface area contributed by atoms with E-state index in [0.29, 0.717) is 0 Å². The van der Waals surface area contributed by atoms with Crippen LogP contribution in [0, 0.1) is 5.92 Å². The summed E-state index contributed by atoms with van der Waals surface area (Å²) in [6, 6.07) is -0.674. The molecular weight excluding hydrogens is 218 g/mol. The molecular formula is C10H18F2N2O2. The highest BCUT2D eigenvalue weighted by atomic mass is 19.3. The molecule has 1 aliphatic heterocycles. The maximum atomic E-state index is 12.5. The average Bonchev–Trinajstić information content (AvgIpc) is 2.44. The molecule has 2 N–H and O–H groups in total. The zero-order valence-electron chi connectivity index (χ0n) is 9.74. The Morgan fingerprint density at radius 2 is 2.00 bits per heavy atom. The molecule has 16 heavy (non-hydrogen) atoms. The maximum absolute atomic E-state index is 12.5. The molecule has 4 nitrogen and oxygen atoms in total. The third-order valence-corrected chi connectivity index (χ3v) is 2.39. The molecule has 0 spiro atoms. The van der Waals surface area contributed by atoms with E-state index in [2.05, 4.69) is 0 Å². The Morgan fingerprint density at radius 3 is 2.38 bits per heavy atom. The topological polar surface area (TPSA) is 55.6 Å². The van der Waals surface area contributed by atoms with Crippen molar-refractivity contribution >= 4 is 6.09 Å². The summed E-state index contributed by atoms with van der Waals surface area (Å²) in [6.07, 6.45) is -3.08. The van der Waals surface area contributed by atoms with Crippen LogP contribution in [-0.4, -0.2) is 42.2 Å². The number of carbonyl (C=O) groups is 1. The fraction of sp³-hybridized carbons (Fsp3) is 0.900. The molecule has 1 fully saturated rings. The van der Waals surface area contributed by atoms with Crippen LogP contribution in [-0.2, 0) is 4.74 Å². The first-order valence-corrected chi connectivity index (χ1v) is 5.22. The number of hydrogen-bond acceptors (Lipinski definition) is 3. The molecule has 94 valence electrons. The highest BCUT2D eigenvalue weighted by molar-refractivity contribution is 5.68. The fourth-order valence-electron chi connectivity index (χ4n) is 1.60. The van der Waals surface area contributed by atoms with Crippen molar-refractivity contribution in [3.8, 4) is 0 Å². The molecule has 1 heterocycles. The van der Waals surface area contributed by atoms with Crippen molar-refractivity contribution in [2.45, 2.75) is 38.8 Å². The van der Waals surface area contributed by atoms with Crippen molar-refractivity contribution in [1.29, 1.82) is 0 Å². The van der Waals surface area contributed by atoms with E-state index in [1.807, 2.05) is 0 Å². The second-order valence-electron chi connectivity index (χ2n) is 5.05. The van der Waals surface area contributed by atoms with Gasteiger partial charge in [-0.1, -0.05) is 0 Å². The van der Waals surface area contributed by atoms with Gasteiger partial charge in [-0.05, 0) is 20.8 Å². The number of carbonyl (C=O) groups excluding carboxylic acids is 1. The Hall–Kier alpha value is -0.910. The van der Waals surface area contributed by atoms with Gasteiger partial charge in [0, 0.05) is 19.1 Å². The standard InChI is InChI=1S/C10H18F2N2O2/c1-10(2,3)16-9(15)14-4-6(8(11)12)7(13)5-14/h6-8H,4-5,13H2,1-3H3/t6-,7-/m0/s1. The number of likely N-dealkylation sites (tertiary alicyclic amines) is 1. The van der Waals surface area contributed by atoms with Crippen LogP contribution in [0.15, 0.2) is 0 Å². The summed E-state index contributed by atoms with van der Waals surface area (Å²) >= 11 is 0. The number of ether oxygens (including phenoxy) is 1. The van der Waals surface area contributed by atoms with Crippen LogP contribution in [0.4, 0.5) is 13.6 Å². The van der Waals surface area contributed by atoms with Crippen LogP contribution in [0.25, 0.3) is 0 Å². The van der Waals surface area contributed by atoms with Gasteiger partial charge >= 0.3 is 6.09 Å². The lowest BCUT2D eigenvalue weighted by Crippen LogP contribution is -2.36. The minimum Gasteiger partial charge on any atom is -0.444 e. The van der Waals surface area contributed by atoms with Crippen LogP contribution in [0.2, 0.25) is 0 Å². The lowest BCUT2D eigenvalue weighted by atomic mass is 10.1. The van der Waals surface area contributed by atoms with E-state index in [9.17, 15) is 13.6 Å². The summed E-state index contributed by atoms with van der Waals surface area (Å²) < 4.78 is 30.1. The molecule has 1 rings (SSSR count). The third-order valence-electron chi connectivity index (χ3n) is 2.39. The van der Waals surface area contributed by atoms with Gasteiger partial charge in [-0.3, -0.25) is 0 Å². The Labute approximate surface area is 93.7 Å². The Morgan fingerprint density at radius 1 is 1.44 bits per heavy atom. The normalized spacial score (nSPS) is 26.3. The van der Waals surface area contributed by atoms with Crippen molar-refractivity contribution in [1.82, 2.24) is 4.90 Å². The largest absolute Gasteiger partial charge is 0.444 e. The predicted octanol–water partition coefficient (Wildman–Crippen LogP) is 1.45. The highest BCUT2D eigenvalue weighted by Gasteiger charge is 2.39. The fourth-order valence-corrected chi connectivity index (χ4v) is 1.60. The zero-order chi connectivity index (χ0) is 12.5. The molecule has 0 unspecified atom stereocenters. The Kier molecular flexibility index (Phi) is 3.72. The molecule has 1 saturated heterocycles. The number of nitrogens with zero attached hydrogens (tertiary/aromatic N) is 1. The highest BCUT2D eigenvalue weighted by Crippen LogP contribution is 2.23. The lowest BCUT2D eigenvalue weighted by molar-refractivity contribution is 0.0254. The molecule has 0 bridgehead atoms. The van der Waals surface area contributed by atoms with Crippen molar-refractivity contribution in [2.75, 3.05) is 13.1 Å². The minimum absolute atomic E-state index is 0.0340. The summed E-state index contributed by atoms with van der Waals surface area (Å²) in [5.41, 5.74) is 4.92. The molecule has 1 aliphatic rings. The van der Waals surface area contributed by atoms with Gasteiger partial charge in [-0.25, -0.2) is 13.6 Å². The first kappa shape index (κ1) is 13.2. The van der Waals surface area contributed by atoms with Crippen molar-refractivity contribution < 1.29 is 18.3 Å². The number of nitrogens with two attached hydrogens (primary N) is 1. The maximum Gasteiger partial charge on any atom is 0.410 e. The monoisotopic (exact) mass is 236 g/mol. The number of rotatable bonds is 1. The van der Waals surface area contributed by atoms with Crippen LogP contribution in [0.3, 0.4) is 0 Å². The second kappa shape index (κ2) is 4.53. The van der Waals surface area contributed by atoms with Crippen LogP contribution in [0.5, 0.6) is 0 Å². The van der Waals surface area contributed by atoms with Gasteiger partial charge in [0.25, 0.3) is 0 Å². The second-order valence-corrected chi connectivity index (χ2v) is 5.05. The molecule has 0 aromatic carbocycles. The SMILES string of the molecule is CC(C)(C)OC(=O)N1C[C@H](C(F)F)[C@@H](N)C1. The quantitative estimate of drug-likeness (QED) is 0.749. The number of hydrogen-bond donors (Lipinski definition) is 1. The predicted molar refractivity (Wildman–Crippen MR) is 55.3 cm³/mol. The van der Waals surface area contributed by atoms with Crippen LogP contribution >= 0.6 is 0 Å². The molecule has 0 aromatic heterocycles. The number of halogens is 2. The number of amides is 1. The van der Waals surface area contributed by atoms with Crippen LogP contribution < -0.4 is 5.73 Å². The Balaban J connectivity index is 2.55. The van der Waals surface area contributed by atoms with Crippen molar-refractivity contribution in [2.24, 2.45) is 11.7 Å². The van der Waals surface area contributed by atoms with E-state index in [4.69, 9.17) is 10.5 Å². The first-order valence-electron chi connectivity index (χ1n) is 5.22. The van der Waals surface area contributed by atoms with E-state index in [1.54, 1.807) is 20.8 Å². The van der Waals surface area contributed by atoms with E-state index in [0.717, 1.165) is 0 Å². The van der Waals surface area contributed by atoms with Crippen molar-refractivity contribution in [3.63, 3.8) is 0 Å². The van der Waals surface area contributed by atoms with Gasteiger partial charge in [0.15, 0.2) is 0 Å². The Bertz CT molecular complexity index is 266. The van der Waals surface area contributed by atoms with Gasteiger partial charge in [-0.2, -0.15) is 0 Å². The molecule has 1 amide bonds. The van der Waals surface area contributed by atoms with Crippen LogP contribution in [0.1, 0.15) is 20.8 Å². The average molecular weight is 236 g/mol. The third kappa shape index (κ3) is 3.30. The zero-order valence-corrected chi connectivity index (χ0v) is 9.74. The summed E-state index contributed by atoms with van der Waals surface area (Å²) in [4.78, 5) is 12.8. The minimum atomic E-state index is -2.50. The van der Waals surface area contributed by atoms with Gasteiger partial charge in [0.05, 0.1) is 5.92 Å². The summed E-state index contributed by atoms with van der Waals surface area (Å²) in [5.74, 6) is -0.951. The molecule has 0 aliphatic carbocycles. The molecule has 2 atom stereocenters. The van der Waals surface area contributed by atoms with Gasteiger partial charge < -0.3 is 15.4 Å². The van der Waals surface area contributed by atoms with Crippen molar-refractivity contribution in [3.05, 3.63) is 0 Å². The molecule has 0 aromatic rings. The summed E-state index contributed by atoms with van der Waals surface area (Å²) in [5, 5.41) is 0. The van der Waals surface area contributed by atoms with E-state index in [1.165, 1.54) is 4.90 Å². The van der Waals surface area contributed by atoms with Gasteiger partial charge in [-0.15, -0.1) is 0 Å². The molecule has 0 radical (unpaired) electrons.